The van der Waals surface area contributed by atoms with Crippen LogP contribution in [0.2, 0.25) is 0 Å². The molecule has 3 heteroatoms. The quantitative estimate of drug-likeness (QED) is 0.604. The second-order valence-electron chi connectivity index (χ2n) is 6.56. The normalized spacial score (nSPS) is 10.5. The number of carbonyl (C=O) groups is 1. The molecule has 1 amide bonds. The van der Waals surface area contributed by atoms with Gasteiger partial charge < -0.3 is 10.1 Å². The fourth-order valence-corrected chi connectivity index (χ4v) is 2.88. The average molecular weight is 359 g/mol. The maximum atomic E-state index is 12.1. The minimum atomic E-state index is 0.0737. The average Bonchev–Trinajstić information content (AvgIpc) is 2.73. The molecule has 0 saturated carbocycles. The first-order chi connectivity index (χ1) is 13.3. The second-order valence-corrected chi connectivity index (χ2v) is 6.56. The number of benzene rings is 3. The molecule has 3 aromatic rings. The van der Waals surface area contributed by atoms with Crippen molar-refractivity contribution in [2.24, 2.45) is 0 Å². The zero-order valence-electron chi connectivity index (χ0n) is 15.4. The highest BCUT2D eigenvalue weighted by atomic mass is 16.5. The van der Waals surface area contributed by atoms with Crippen LogP contribution in [-0.2, 0) is 35.7 Å². The van der Waals surface area contributed by atoms with Gasteiger partial charge in [-0.3, -0.25) is 4.79 Å². The van der Waals surface area contributed by atoms with E-state index >= 15 is 0 Å². The number of hydrogen-bond donors (Lipinski definition) is 1. The molecule has 0 aliphatic heterocycles. The highest BCUT2D eigenvalue weighted by molar-refractivity contribution is 5.76. The van der Waals surface area contributed by atoms with Crippen LogP contribution in [0.5, 0.6) is 0 Å². The van der Waals surface area contributed by atoms with E-state index < -0.39 is 0 Å². The molecule has 3 aromatic carbocycles. The third-order valence-electron chi connectivity index (χ3n) is 4.34. The topological polar surface area (TPSA) is 38.3 Å². The van der Waals surface area contributed by atoms with Crippen LogP contribution in [-0.4, -0.2) is 5.91 Å². The summed E-state index contributed by atoms with van der Waals surface area (Å²) in [6.45, 7) is 1.70. The Morgan fingerprint density at radius 2 is 1.30 bits per heavy atom. The summed E-state index contributed by atoms with van der Waals surface area (Å²) in [5, 5.41) is 3.00. The van der Waals surface area contributed by atoms with Crippen molar-refractivity contribution in [2.75, 3.05) is 0 Å². The Morgan fingerprint density at radius 1 is 0.704 bits per heavy atom. The number of amides is 1. The Kier molecular flexibility index (Phi) is 7.19. The molecule has 0 radical (unpaired) electrons. The molecule has 27 heavy (non-hydrogen) atoms. The molecule has 0 aliphatic rings. The van der Waals surface area contributed by atoms with Gasteiger partial charge in [0.15, 0.2) is 0 Å². The van der Waals surface area contributed by atoms with Crippen molar-refractivity contribution in [1.82, 2.24) is 5.32 Å². The lowest BCUT2D eigenvalue weighted by Gasteiger charge is -2.09. The summed E-state index contributed by atoms with van der Waals surface area (Å²) in [6.07, 6.45) is 1.27. The van der Waals surface area contributed by atoms with Crippen LogP contribution in [0.25, 0.3) is 0 Å². The molecule has 3 rings (SSSR count). The van der Waals surface area contributed by atoms with Gasteiger partial charge in [-0.15, -0.1) is 0 Å². The third kappa shape index (κ3) is 6.72. The zero-order valence-corrected chi connectivity index (χ0v) is 15.4. The third-order valence-corrected chi connectivity index (χ3v) is 4.34. The molecule has 1 N–H and O–H groups in total. The maximum absolute atomic E-state index is 12.1. The van der Waals surface area contributed by atoms with E-state index in [4.69, 9.17) is 4.74 Å². The molecular formula is C24H25NO2. The van der Waals surface area contributed by atoms with Gasteiger partial charge in [0.1, 0.15) is 0 Å². The summed E-state index contributed by atoms with van der Waals surface area (Å²) in [4.78, 5) is 12.1. The van der Waals surface area contributed by atoms with Gasteiger partial charge in [0, 0.05) is 13.0 Å². The first-order valence-electron chi connectivity index (χ1n) is 9.30. The van der Waals surface area contributed by atoms with Crippen LogP contribution < -0.4 is 5.32 Å². The molecule has 0 atom stereocenters. The summed E-state index contributed by atoms with van der Waals surface area (Å²) in [6, 6.07) is 28.4. The van der Waals surface area contributed by atoms with E-state index in [0.29, 0.717) is 26.2 Å². The summed E-state index contributed by atoms with van der Waals surface area (Å²) >= 11 is 0. The number of rotatable bonds is 9. The van der Waals surface area contributed by atoms with Crippen molar-refractivity contribution in [1.29, 1.82) is 0 Å². The predicted octanol–water partition coefficient (Wildman–Crippen LogP) is 4.65. The second kappa shape index (κ2) is 10.3. The summed E-state index contributed by atoms with van der Waals surface area (Å²) in [5.41, 5.74) is 4.55. The molecule has 0 saturated heterocycles. The van der Waals surface area contributed by atoms with E-state index in [1.807, 2.05) is 66.7 Å². The first-order valence-corrected chi connectivity index (χ1v) is 9.30. The molecule has 0 aromatic heterocycles. The molecule has 138 valence electrons. The van der Waals surface area contributed by atoms with Crippen LogP contribution >= 0.6 is 0 Å². The Labute approximate surface area is 161 Å². The fraction of sp³-hybridized carbons (Fsp3) is 0.208. The van der Waals surface area contributed by atoms with Crippen molar-refractivity contribution in [3.8, 4) is 0 Å². The van der Waals surface area contributed by atoms with Gasteiger partial charge in [0.2, 0.25) is 5.91 Å². The number of aryl methyl sites for hydroxylation is 1. The summed E-state index contributed by atoms with van der Waals surface area (Å²) < 4.78 is 5.79. The SMILES string of the molecule is O=C(CCc1ccccc1)NCc1cccc(COCc2ccccc2)c1. The largest absolute Gasteiger partial charge is 0.372 e. The molecule has 0 heterocycles. The van der Waals surface area contributed by atoms with Gasteiger partial charge in [0.05, 0.1) is 13.2 Å². The number of carbonyl (C=O) groups excluding carboxylic acids is 1. The predicted molar refractivity (Wildman–Crippen MR) is 108 cm³/mol. The highest BCUT2D eigenvalue weighted by Crippen LogP contribution is 2.09. The number of ether oxygens (including phenoxy) is 1. The Hall–Kier alpha value is -2.91. The Morgan fingerprint density at radius 3 is 2.04 bits per heavy atom. The van der Waals surface area contributed by atoms with Crippen LogP contribution in [0.3, 0.4) is 0 Å². The van der Waals surface area contributed by atoms with E-state index in [1.165, 1.54) is 11.1 Å². The molecular weight excluding hydrogens is 334 g/mol. The van der Waals surface area contributed by atoms with Crippen LogP contribution in [0, 0.1) is 0 Å². The van der Waals surface area contributed by atoms with E-state index in [0.717, 1.165) is 17.5 Å². The van der Waals surface area contributed by atoms with Crippen molar-refractivity contribution < 1.29 is 9.53 Å². The van der Waals surface area contributed by atoms with Crippen molar-refractivity contribution in [3.63, 3.8) is 0 Å². The molecule has 3 nitrogen and oxygen atoms in total. The van der Waals surface area contributed by atoms with E-state index in [9.17, 15) is 4.79 Å². The summed E-state index contributed by atoms with van der Waals surface area (Å²) in [5.74, 6) is 0.0737. The van der Waals surface area contributed by atoms with Crippen LogP contribution in [0.1, 0.15) is 28.7 Å². The lowest BCUT2D eigenvalue weighted by Crippen LogP contribution is -2.23. The van der Waals surface area contributed by atoms with Crippen LogP contribution in [0.15, 0.2) is 84.9 Å². The smallest absolute Gasteiger partial charge is 0.220 e. The Bertz CT molecular complexity index is 831. The van der Waals surface area contributed by atoms with Crippen LogP contribution in [0.4, 0.5) is 0 Å². The summed E-state index contributed by atoms with van der Waals surface area (Å²) in [7, 11) is 0. The van der Waals surface area contributed by atoms with E-state index in [-0.39, 0.29) is 5.91 Å². The number of nitrogens with one attached hydrogen (secondary N) is 1. The Balaban J connectivity index is 1.41. The lowest BCUT2D eigenvalue weighted by atomic mass is 10.1. The molecule has 0 bridgehead atoms. The molecule has 0 unspecified atom stereocenters. The van der Waals surface area contributed by atoms with E-state index in [2.05, 4.69) is 23.5 Å². The monoisotopic (exact) mass is 359 g/mol. The van der Waals surface area contributed by atoms with Crippen molar-refractivity contribution >= 4 is 5.91 Å². The lowest BCUT2D eigenvalue weighted by molar-refractivity contribution is -0.121. The van der Waals surface area contributed by atoms with Crippen molar-refractivity contribution in [3.05, 3.63) is 107 Å². The minimum Gasteiger partial charge on any atom is -0.372 e. The van der Waals surface area contributed by atoms with Gasteiger partial charge in [-0.2, -0.15) is 0 Å². The van der Waals surface area contributed by atoms with Crippen molar-refractivity contribution in [2.45, 2.75) is 32.6 Å². The standard InChI is InChI=1S/C24H25NO2/c26-24(15-14-20-8-3-1-4-9-20)25-17-22-12-7-13-23(16-22)19-27-18-21-10-5-2-6-11-21/h1-13,16H,14-15,17-19H2,(H,25,26). The van der Waals surface area contributed by atoms with E-state index in [1.54, 1.807) is 0 Å². The van der Waals surface area contributed by atoms with Gasteiger partial charge in [0.25, 0.3) is 0 Å². The molecule has 0 fully saturated rings. The number of hydrogen-bond acceptors (Lipinski definition) is 2. The highest BCUT2D eigenvalue weighted by Gasteiger charge is 2.03. The minimum absolute atomic E-state index is 0.0737. The zero-order chi connectivity index (χ0) is 18.7. The van der Waals surface area contributed by atoms with Gasteiger partial charge >= 0.3 is 0 Å². The molecule has 0 spiro atoms. The first kappa shape index (κ1) is 18.9. The van der Waals surface area contributed by atoms with Gasteiger partial charge in [-0.05, 0) is 28.7 Å². The van der Waals surface area contributed by atoms with Gasteiger partial charge in [-0.1, -0.05) is 84.9 Å². The maximum Gasteiger partial charge on any atom is 0.220 e. The van der Waals surface area contributed by atoms with Gasteiger partial charge in [-0.25, -0.2) is 0 Å². The fourth-order valence-electron chi connectivity index (χ4n) is 2.88. The molecule has 0 aliphatic carbocycles.